The first-order valence-corrected chi connectivity index (χ1v) is 8.02. The highest BCUT2D eigenvalue weighted by Gasteiger charge is 2.40. The number of fused-ring (bicyclic) bond motifs is 3. The molecule has 26 heavy (non-hydrogen) atoms. The number of halogens is 1. The van der Waals surface area contributed by atoms with Crippen molar-refractivity contribution in [2.75, 3.05) is 7.11 Å². The van der Waals surface area contributed by atoms with Crippen molar-refractivity contribution in [2.45, 2.75) is 12.6 Å². The summed E-state index contributed by atoms with van der Waals surface area (Å²) in [6.07, 6.45) is -0.889. The van der Waals surface area contributed by atoms with Crippen molar-refractivity contribution < 1.29 is 23.6 Å². The summed E-state index contributed by atoms with van der Waals surface area (Å²) in [5.41, 5.74) is 0.857. The lowest BCUT2D eigenvalue weighted by Crippen LogP contribution is -2.31. The van der Waals surface area contributed by atoms with Gasteiger partial charge in [-0.25, -0.2) is 4.39 Å². The van der Waals surface area contributed by atoms with Gasteiger partial charge in [0.1, 0.15) is 23.4 Å². The molecule has 4 rings (SSSR count). The van der Waals surface area contributed by atoms with Gasteiger partial charge in [0.2, 0.25) is 0 Å². The Morgan fingerprint density at radius 1 is 1.15 bits per heavy atom. The van der Waals surface area contributed by atoms with Gasteiger partial charge in [0.25, 0.3) is 5.91 Å². The number of rotatable bonds is 4. The molecule has 132 valence electrons. The summed E-state index contributed by atoms with van der Waals surface area (Å²) < 4.78 is 20.6. The SMILES string of the molecule is CON1C(=O)c2cc3ccc(F)cc3n2C1CC(=O)Oc1ccccc1. The monoisotopic (exact) mass is 354 g/mol. The van der Waals surface area contributed by atoms with Crippen LogP contribution >= 0.6 is 0 Å². The van der Waals surface area contributed by atoms with Crippen molar-refractivity contribution in [1.29, 1.82) is 0 Å². The number of hydrogen-bond donors (Lipinski definition) is 0. The maximum Gasteiger partial charge on any atom is 0.315 e. The number of hydroxylamine groups is 2. The molecule has 0 bridgehead atoms. The van der Waals surface area contributed by atoms with E-state index in [0.717, 1.165) is 5.06 Å². The lowest BCUT2D eigenvalue weighted by molar-refractivity contribution is -0.151. The highest BCUT2D eigenvalue weighted by molar-refractivity contribution is 6.01. The van der Waals surface area contributed by atoms with E-state index in [0.29, 0.717) is 22.3 Å². The Labute approximate surface area is 148 Å². The van der Waals surface area contributed by atoms with Gasteiger partial charge in [-0.15, -0.1) is 0 Å². The Morgan fingerprint density at radius 3 is 2.65 bits per heavy atom. The molecular formula is C19H15FN2O4. The second-order valence-corrected chi connectivity index (χ2v) is 5.89. The molecule has 0 spiro atoms. The number of amides is 1. The fourth-order valence-electron chi connectivity index (χ4n) is 3.22. The number of carbonyl (C=O) groups is 2. The molecule has 0 saturated heterocycles. The van der Waals surface area contributed by atoms with Crippen LogP contribution in [0, 0.1) is 5.82 Å². The second kappa shape index (κ2) is 6.27. The highest BCUT2D eigenvalue weighted by atomic mass is 19.1. The lowest BCUT2D eigenvalue weighted by atomic mass is 10.2. The van der Waals surface area contributed by atoms with Crippen molar-refractivity contribution in [3.05, 3.63) is 66.1 Å². The van der Waals surface area contributed by atoms with Gasteiger partial charge in [0.15, 0.2) is 0 Å². The molecule has 2 aromatic carbocycles. The van der Waals surface area contributed by atoms with Gasteiger partial charge >= 0.3 is 5.97 Å². The summed E-state index contributed by atoms with van der Waals surface area (Å²) in [7, 11) is 1.35. The maximum atomic E-state index is 13.7. The third-order valence-electron chi connectivity index (χ3n) is 4.31. The van der Waals surface area contributed by atoms with E-state index in [1.165, 1.54) is 19.2 Å². The van der Waals surface area contributed by atoms with E-state index in [1.54, 1.807) is 41.0 Å². The molecule has 1 amide bonds. The van der Waals surface area contributed by atoms with Gasteiger partial charge in [0, 0.05) is 5.39 Å². The van der Waals surface area contributed by atoms with Crippen LogP contribution in [-0.2, 0) is 9.63 Å². The third kappa shape index (κ3) is 2.62. The number of para-hydroxylation sites is 1. The summed E-state index contributed by atoms with van der Waals surface area (Å²) in [6, 6.07) is 14.6. The number of aromatic nitrogens is 1. The zero-order valence-electron chi connectivity index (χ0n) is 13.9. The first kappa shape index (κ1) is 16.3. The fourth-order valence-corrected chi connectivity index (χ4v) is 3.22. The maximum absolute atomic E-state index is 13.7. The van der Waals surface area contributed by atoms with E-state index in [9.17, 15) is 14.0 Å². The number of benzene rings is 2. The molecule has 3 aromatic rings. The van der Waals surface area contributed by atoms with Crippen LogP contribution in [0.2, 0.25) is 0 Å². The molecule has 1 atom stereocenters. The van der Waals surface area contributed by atoms with E-state index < -0.39 is 18.0 Å². The van der Waals surface area contributed by atoms with E-state index in [-0.39, 0.29) is 12.3 Å². The first-order chi connectivity index (χ1) is 12.6. The van der Waals surface area contributed by atoms with Gasteiger partial charge in [-0.2, -0.15) is 5.06 Å². The van der Waals surface area contributed by atoms with Crippen LogP contribution in [-0.4, -0.2) is 28.6 Å². The quantitative estimate of drug-likeness (QED) is 0.533. The molecule has 0 aliphatic carbocycles. The van der Waals surface area contributed by atoms with E-state index >= 15 is 0 Å². The number of carbonyl (C=O) groups excluding carboxylic acids is 2. The molecule has 0 saturated carbocycles. The smallest absolute Gasteiger partial charge is 0.315 e. The van der Waals surface area contributed by atoms with Gasteiger partial charge < -0.3 is 9.30 Å². The van der Waals surface area contributed by atoms with Crippen molar-refractivity contribution in [3.63, 3.8) is 0 Å². The van der Waals surface area contributed by atoms with Gasteiger partial charge in [-0.05, 0) is 36.4 Å². The molecule has 0 fully saturated rings. The number of hydrogen-bond acceptors (Lipinski definition) is 4. The van der Waals surface area contributed by atoms with Crippen LogP contribution in [0.25, 0.3) is 10.9 Å². The second-order valence-electron chi connectivity index (χ2n) is 5.89. The molecule has 2 heterocycles. The first-order valence-electron chi connectivity index (χ1n) is 8.02. The highest BCUT2D eigenvalue weighted by Crippen LogP contribution is 2.36. The minimum absolute atomic E-state index is 0.137. The summed E-state index contributed by atoms with van der Waals surface area (Å²) in [4.78, 5) is 30.1. The minimum atomic E-state index is -0.752. The molecule has 6 nitrogen and oxygen atoms in total. The Hall–Kier alpha value is -3.19. The van der Waals surface area contributed by atoms with Crippen LogP contribution in [0.5, 0.6) is 5.75 Å². The topological polar surface area (TPSA) is 60.8 Å². The Morgan fingerprint density at radius 2 is 1.92 bits per heavy atom. The zero-order valence-corrected chi connectivity index (χ0v) is 13.9. The summed E-state index contributed by atoms with van der Waals surface area (Å²) in [5.74, 6) is -0.925. The van der Waals surface area contributed by atoms with Crippen molar-refractivity contribution in [3.8, 4) is 5.75 Å². The minimum Gasteiger partial charge on any atom is -0.426 e. The summed E-state index contributed by atoms with van der Waals surface area (Å²) in [5, 5.41) is 1.82. The van der Waals surface area contributed by atoms with E-state index in [4.69, 9.17) is 9.57 Å². The lowest BCUT2D eigenvalue weighted by Gasteiger charge is -2.23. The molecule has 0 N–H and O–H groups in total. The molecule has 1 aliphatic rings. The van der Waals surface area contributed by atoms with Crippen LogP contribution < -0.4 is 4.74 Å². The van der Waals surface area contributed by atoms with Gasteiger partial charge in [0.05, 0.1) is 19.0 Å². The number of esters is 1. The Bertz CT molecular complexity index is 999. The molecular weight excluding hydrogens is 339 g/mol. The van der Waals surface area contributed by atoms with Crippen LogP contribution in [0.1, 0.15) is 23.1 Å². The van der Waals surface area contributed by atoms with Gasteiger partial charge in [-0.3, -0.25) is 14.4 Å². The van der Waals surface area contributed by atoms with Crippen LogP contribution in [0.3, 0.4) is 0 Å². The molecule has 1 aliphatic heterocycles. The van der Waals surface area contributed by atoms with Crippen molar-refractivity contribution in [2.24, 2.45) is 0 Å². The van der Waals surface area contributed by atoms with Crippen molar-refractivity contribution >= 4 is 22.8 Å². The number of ether oxygens (including phenoxy) is 1. The fraction of sp³-hybridized carbons (Fsp3) is 0.158. The Kier molecular flexibility index (Phi) is 3.93. The summed E-state index contributed by atoms with van der Waals surface area (Å²) in [6.45, 7) is 0. The zero-order chi connectivity index (χ0) is 18.3. The standard InChI is InChI=1S/C19H15FN2O4/c1-25-22-17(11-18(23)26-14-5-3-2-4-6-14)21-15-10-13(20)8-7-12(15)9-16(21)19(22)24/h2-10,17H,11H2,1H3. The molecule has 1 unspecified atom stereocenters. The summed E-state index contributed by atoms with van der Waals surface area (Å²) >= 11 is 0. The van der Waals surface area contributed by atoms with E-state index in [1.807, 2.05) is 6.07 Å². The van der Waals surface area contributed by atoms with Crippen molar-refractivity contribution in [1.82, 2.24) is 9.63 Å². The largest absolute Gasteiger partial charge is 0.426 e. The average Bonchev–Trinajstić information content (AvgIpc) is 3.11. The molecule has 0 radical (unpaired) electrons. The normalized spacial score (nSPS) is 16.2. The molecule has 1 aromatic heterocycles. The predicted molar refractivity (Wildman–Crippen MR) is 90.8 cm³/mol. The van der Waals surface area contributed by atoms with Crippen LogP contribution in [0.15, 0.2) is 54.6 Å². The third-order valence-corrected chi connectivity index (χ3v) is 4.31. The number of nitrogens with zero attached hydrogens (tertiary/aromatic N) is 2. The average molecular weight is 354 g/mol. The van der Waals surface area contributed by atoms with Gasteiger partial charge in [-0.1, -0.05) is 18.2 Å². The molecule has 7 heteroatoms. The predicted octanol–water partition coefficient (Wildman–Crippen LogP) is 3.29. The Balaban J connectivity index is 1.69. The van der Waals surface area contributed by atoms with Crippen LogP contribution in [0.4, 0.5) is 4.39 Å². The van der Waals surface area contributed by atoms with E-state index in [2.05, 4.69) is 0 Å².